The van der Waals surface area contributed by atoms with Crippen LogP contribution < -0.4 is 5.32 Å². The van der Waals surface area contributed by atoms with Crippen LogP contribution in [0.25, 0.3) is 11.3 Å². The monoisotopic (exact) mass is 462 g/mol. The molecular weight excluding hydrogens is 431 g/mol. The molecule has 7 heteroatoms. The van der Waals surface area contributed by atoms with Crippen molar-refractivity contribution in [2.45, 2.75) is 19.3 Å². The van der Waals surface area contributed by atoms with Crippen LogP contribution in [0.15, 0.2) is 72.8 Å². The number of hydrogen-bond acceptors (Lipinski definition) is 4. The summed E-state index contributed by atoms with van der Waals surface area (Å²) in [4.78, 5) is 2.56. The van der Waals surface area contributed by atoms with E-state index in [1.165, 1.54) is 37.9 Å². The molecule has 0 radical (unpaired) electrons. The zero-order valence-electron chi connectivity index (χ0n) is 17.6. The van der Waals surface area contributed by atoms with E-state index >= 15 is 0 Å². The second kappa shape index (κ2) is 14.0. The average molecular weight is 463 g/mol. The summed E-state index contributed by atoms with van der Waals surface area (Å²) < 4.78 is 0. The lowest BCUT2D eigenvalue weighted by atomic mass is 9.90. The summed E-state index contributed by atoms with van der Waals surface area (Å²) in [5, 5.41) is 12.1. The summed E-state index contributed by atoms with van der Waals surface area (Å²) in [6.45, 7) is 4.35. The number of nitrogens with zero attached hydrogens (tertiary/aromatic N) is 3. The average Bonchev–Trinajstić information content (AvgIpc) is 2.77. The first-order chi connectivity index (χ1) is 13.9. The molecule has 0 amide bonds. The van der Waals surface area contributed by atoms with Crippen LogP contribution in [0.5, 0.6) is 0 Å². The number of benzene rings is 2. The molecule has 0 bridgehead atoms. The van der Waals surface area contributed by atoms with E-state index in [-0.39, 0.29) is 30.3 Å². The first-order valence-corrected chi connectivity index (χ1v) is 10.3. The molecule has 1 fully saturated rings. The SMILES string of the molecule is Cl.Cl.O.c1ccc(CC2CCN(CCNc3ccc(-c4ccccc4)nn3)CC2)cc1. The molecular formula is C24H32Cl2N4O. The van der Waals surface area contributed by atoms with Crippen LogP contribution in [0.4, 0.5) is 5.82 Å². The number of hydrogen-bond donors (Lipinski definition) is 1. The molecule has 1 aromatic heterocycles. The van der Waals surface area contributed by atoms with Crippen LogP contribution in [0.3, 0.4) is 0 Å². The van der Waals surface area contributed by atoms with E-state index in [1.807, 2.05) is 30.3 Å². The van der Waals surface area contributed by atoms with Gasteiger partial charge in [-0.1, -0.05) is 60.7 Å². The molecule has 0 atom stereocenters. The predicted molar refractivity (Wildman–Crippen MR) is 133 cm³/mol. The molecule has 1 saturated heterocycles. The first-order valence-electron chi connectivity index (χ1n) is 10.3. The maximum atomic E-state index is 4.34. The van der Waals surface area contributed by atoms with Gasteiger partial charge < -0.3 is 15.7 Å². The van der Waals surface area contributed by atoms with Gasteiger partial charge in [-0.3, -0.25) is 0 Å². The van der Waals surface area contributed by atoms with E-state index in [4.69, 9.17) is 0 Å². The maximum absolute atomic E-state index is 4.34. The summed E-state index contributed by atoms with van der Waals surface area (Å²) in [7, 11) is 0. The molecule has 0 spiro atoms. The smallest absolute Gasteiger partial charge is 0.148 e. The first kappa shape index (κ1) is 26.9. The van der Waals surface area contributed by atoms with Gasteiger partial charge in [-0.15, -0.1) is 35.0 Å². The molecule has 0 saturated carbocycles. The van der Waals surface area contributed by atoms with Gasteiger partial charge in [0.25, 0.3) is 0 Å². The lowest BCUT2D eigenvalue weighted by Crippen LogP contribution is -2.37. The van der Waals surface area contributed by atoms with Crippen LogP contribution in [0.2, 0.25) is 0 Å². The summed E-state index contributed by atoms with van der Waals surface area (Å²) in [5.41, 5.74) is 3.48. The van der Waals surface area contributed by atoms with Gasteiger partial charge in [0.2, 0.25) is 0 Å². The second-order valence-electron chi connectivity index (χ2n) is 7.57. The molecule has 5 nitrogen and oxygen atoms in total. The molecule has 0 aliphatic carbocycles. The van der Waals surface area contributed by atoms with Crippen molar-refractivity contribution in [3.05, 3.63) is 78.4 Å². The quantitative estimate of drug-likeness (QED) is 0.559. The second-order valence-corrected chi connectivity index (χ2v) is 7.57. The standard InChI is InChI=1S/C24H28N4.2ClH.H2O/c1-3-7-20(8-4-1)19-21-13-16-28(17-14-21)18-15-25-24-12-11-23(26-27-24)22-9-5-2-6-10-22;;;/h1-12,21H,13-19H2,(H,25,27);2*1H;1H2. The Labute approximate surface area is 197 Å². The van der Waals surface area contributed by atoms with Crippen LogP contribution in [0, 0.1) is 5.92 Å². The van der Waals surface area contributed by atoms with Gasteiger partial charge in [0, 0.05) is 18.7 Å². The largest absolute Gasteiger partial charge is 0.412 e. The molecule has 1 aliphatic rings. The fourth-order valence-corrected chi connectivity index (χ4v) is 3.89. The number of piperidine rings is 1. The number of anilines is 1. The molecule has 2 heterocycles. The molecule has 168 valence electrons. The van der Waals surface area contributed by atoms with Crippen molar-refractivity contribution in [1.82, 2.24) is 15.1 Å². The lowest BCUT2D eigenvalue weighted by Gasteiger charge is -2.32. The van der Waals surface area contributed by atoms with Crippen molar-refractivity contribution in [3.8, 4) is 11.3 Å². The Morgan fingerprint density at radius 1 is 0.806 bits per heavy atom. The Bertz CT molecular complexity index is 842. The van der Waals surface area contributed by atoms with Crippen LogP contribution in [-0.4, -0.2) is 46.8 Å². The normalized spacial score (nSPS) is 13.9. The number of halogens is 2. The van der Waals surface area contributed by atoms with Gasteiger partial charge in [-0.2, -0.15) is 0 Å². The molecule has 3 N–H and O–H groups in total. The fourth-order valence-electron chi connectivity index (χ4n) is 3.89. The van der Waals surface area contributed by atoms with E-state index in [1.54, 1.807) is 0 Å². The van der Waals surface area contributed by atoms with Crippen molar-refractivity contribution in [2.75, 3.05) is 31.5 Å². The minimum absolute atomic E-state index is 0. The third-order valence-electron chi connectivity index (χ3n) is 5.54. The summed E-state index contributed by atoms with van der Waals surface area (Å²) >= 11 is 0. The summed E-state index contributed by atoms with van der Waals surface area (Å²) in [5.74, 6) is 1.67. The highest BCUT2D eigenvalue weighted by Gasteiger charge is 2.19. The highest BCUT2D eigenvalue weighted by Crippen LogP contribution is 2.21. The van der Waals surface area contributed by atoms with Crippen LogP contribution in [0.1, 0.15) is 18.4 Å². The fraction of sp³-hybridized carbons (Fsp3) is 0.333. The molecule has 4 rings (SSSR count). The van der Waals surface area contributed by atoms with E-state index in [0.717, 1.165) is 36.1 Å². The van der Waals surface area contributed by atoms with Gasteiger partial charge in [-0.05, 0) is 56.0 Å². The number of rotatable bonds is 7. The van der Waals surface area contributed by atoms with Gasteiger partial charge in [-0.25, -0.2) is 0 Å². The number of nitrogens with one attached hydrogen (secondary N) is 1. The summed E-state index contributed by atoms with van der Waals surface area (Å²) in [6.07, 6.45) is 3.80. The molecule has 2 aromatic carbocycles. The Morgan fingerprint density at radius 2 is 1.45 bits per heavy atom. The van der Waals surface area contributed by atoms with Gasteiger partial charge in [0.05, 0.1) is 5.69 Å². The van der Waals surface area contributed by atoms with Gasteiger partial charge in [0.15, 0.2) is 0 Å². The Kier molecular flexibility index (Phi) is 12.1. The minimum Gasteiger partial charge on any atom is -0.412 e. The Morgan fingerprint density at radius 3 is 2.06 bits per heavy atom. The highest BCUT2D eigenvalue weighted by atomic mass is 35.5. The van der Waals surface area contributed by atoms with Crippen molar-refractivity contribution in [2.24, 2.45) is 5.92 Å². The number of aromatic nitrogens is 2. The van der Waals surface area contributed by atoms with E-state index in [9.17, 15) is 0 Å². The van der Waals surface area contributed by atoms with E-state index in [0.29, 0.717) is 0 Å². The molecule has 3 aromatic rings. The lowest BCUT2D eigenvalue weighted by molar-refractivity contribution is 0.190. The molecule has 0 unspecified atom stereocenters. The maximum Gasteiger partial charge on any atom is 0.148 e. The zero-order valence-corrected chi connectivity index (χ0v) is 19.2. The van der Waals surface area contributed by atoms with Crippen LogP contribution >= 0.6 is 24.8 Å². The Balaban J connectivity index is 0.00000160. The topological polar surface area (TPSA) is 72.6 Å². The Hall–Kier alpha value is -2.18. The van der Waals surface area contributed by atoms with E-state index in [2.05, 4.69) is 62.9 Å². The highest BCUT2D eigenvalue weighted by molar-refractivity contribution is 5.85. The van der Waals surface area contributed by atoms with Crippen LogP contribution in [-0.2, 0) is 6.42 Å². The van der Waals surface area contributed by atoms with E-state index < -0.39 is 0 Å². The van der Waals surface area contributed by atoms with Gasteiger partial charge in [0.1, 0.15) is 5.82 Å². The third kappa shape index (κ3) is 8.11. The van der Waals surface area contributed by atoms with Crippen molar-refractivity contribution in [1.29, 1.82) is 0 Å². The molecule has 1 aliphatic heterocycles. The third-order valence-corrected chi connectivity index (χ3v) is 5.54. The number of likely N-dealkylation sites (tertiary alicyclic amines) is 1. The minimum atomic E-state index is 0. The zero-order chi connectivity index (χ0) is 19.0. The predicted octanol–water partition coefficient (Wildman–Crippen LogP) is 4.53. The molecule has 31 heavy (non-hydrogen) atoms. The van der Waals surface area contributed by atoms with Crippen molar-refractivity contribution < 1.29 is 5.48 Å². The summed E-state index contributed by atoms with van der Waals surface area (Å²) in [6, 6.07) is 25.1. The van der Waals surface area contributed by atoms with Crippen molar-refractivity contribution >= 4 is 30.6 Å². The van der Waals surface area contributed by atoms with Gasteiger partial charge >= 0.3 is 0 Å². The van der Waals surface area contributed by atoms with Crippen molar-refractivity contribution in [3.63, 3.8) is 0 Å².